The Hall–Kier alpha value is -1.32. The molecule has 1 unspecified atom stereocenters. The fourth-order valence-electron chi connectivity index (χ4n) is 0.938. The summed E-state index contributed by atoms with van der Waals surface area (Å²) in [5, 5.41) is 2.49. The van der Waals surface area contributed by atoms with Crippen molar-refractivity contribution in [3.8, 4) is 0 Å². The second-order valence-corrected chi connectivity index (χ2v) is 4.34. The van der Waals surface area contributed by atoms with Gasteiger partial charge in [-0.15, -0.1) is 6.58 Å². The molecule has 0 aromatic heterocycles. The molecule has 1 N–H and O–H groups in total. The maximum atomic E-state index is 11.4. The van der Waals surface area contributed by atoms with E-state index in [0.717, 1.165) is 0 Å². The van der Waals surface area contributed by atoms with Crippen LogP contribution in [0.2, 0.25) is 0 Å². The number of ether oxygens (including phenoxy) is 1. The van der Waals surface area contributed by atoms with E-state index in [0.29, 0.717) is 12.7 Å². The zero-order chi connectivity index (χ0) is 12.1. The summed E-state index contributed by atoms with van der Waals surface area (Å²) in [6.45, 7) is 10.6. The lowest BCUT2D eigenvalue weighted by atomic mass is 9.99. The smallest absolute Gasteiger partial charge is 0.408 e. The molecule has 0 saturated heterocycles. The molecule has 1 atom stereocenters. The monoisotopic (exact) mass is 213 g/mol. The first-order chi connectivity index (χ1) is 6.78. The predicted octanol–water partition coefficient (Wildman–Crippen LogP) is 2.04. The van der Waals surface area contributed by atoms with Gasteiger partial charge in [0, 0.05) is 0 Å². The normalized spacial score (nSPS) is 14.9. The van der Waals surface area contributed by atoms with Gasteiger partial charge in [0.2, 0.25) is 0 Å². The van der Waals surface area contributed by atoms with Gasteiger partial charge >= 0.3 is 6.09 Å². The highest BCUT2D eigenvalue weighted by Gasteiger charge is 2.28. The summed E-state index contributed by atoms with van der Waals surface area (Å²) < 4.78 is 5.04. The zero-order valence-electron chi connectivity index (χ0n) is 9.79. The highest BCUT2D eigenvalue weighted by Crippen LogP contribution is 2.11. The molecule has 4 heteroatoms. The summed E-state index contributed by atoms with van der Waals surface area (Å²) in [5.74, 6) is 0. The topological polar surface area (TPSA) is 55.4 Å². The van der Waals surface area contributed by atoms with Crippen LogP contribution in [0.25, 0.3) is 0 Å². The number of amides is 1. The van der Waals surface area contributed by atoms with Crippen LogP contribution in [0, 0.1) is 0 Å². The molecule has 0 bridgehead atoms. The van der Waals surface area contributed by atoms with E-state index in [1.165, 1.54) is 6.08 Å². The maximum Gasteiger partial charge on any atom is 0.408 e. The van der Waals surface area contributed by atoms with E-state index in [2.05, 4.69) is 11.9 Å². The summed E-state index contributed by atoms with van der Waals surface area (Å²) in [5.41, 5.74) is -1.60. The van der Waals surface area contributed by atoms with Gasteiger partial charge in [0.05, 0.1) is 0 Å². The highest BCUT2D eigenvalue weighted by molar-refractivity contribution is 5.78. The van der Waals surface area contributed by atoms with Crippen molar-refractivity contribution in [3.05, 3.63) is 12.7 Å². The lowest BCUT2D eigenvalue weighted by Crippen LogP contribution is -2.49. The second-order valence-electron chi connectivity index (χ2n) is 4.34. The molecule has 86 valence electrons. The maximum absolute atomic E-state index is 11.4. The Morgan fingerprint density at radius 3 is 2.27 bits per heavy atom. The Morgan fingerprint density at radius 1 is 1.47 bits per heavy atom. The largest absolute Gasteiger partial charge is 0.444 e. The number of alkyl carbamates (subject to hydrolysis) is 1. The minimum absolute atomic E-state index is 0.444. The van der Waals surface area contributed by atoms with Crippen molar-refractivity contribution in [2.75, 3.05) is 0 Å². The van der Waals surface area contributed by atoms with E-state index in [-0.39, 0.29) is 0 Å². The molecule has 4 nitrogen and oxygen atoms in total. The molecule has 0 saturated carbocycles. The molecule has 0 aliphatic carbocycles. The molecule has 0 aliphatic heterocycles. The molecule has 0 aromatic carbocycles. The summed E-state index contributed by atoms with van der Waals surface area (Å²) in [7, 11) is 0. The van der Waals surface area contributed by atoms with Gasteiger partial charge in [-0.1, -0.05) is 13.0 Å². The van der Waals surface area contributed by atoms with Crippen molar-refractivity contribution >= 4 is 12.4 Å². The van der Waals surface area contributed by atoms with Crippen LogP contribution in [-0.2, 0) is 9.53 Å². The van der Waals surface area contributed by atoms with Crippen LogP contribution >= 0.6 is 0 Å². The summed E-state index contributed by atoms with van der Waals surface area (Å²) in [4.78, 5) is 22.3. The summed E-state index contributed by atoms with van der Waals surface area (Å²) in [6, 6.07) is 0. The third kappa shape index (κ3) is 4.63. The third-order valence-corrected chi connectivity index (χ3v) is 1.89. The summed E-state index contributed by atoms with van der Waals surface area (Å²) in [6.07, 6.45) is 1.89. The fourth-order valence-corrected chi connectivity index (χ4v) is 0.938. The van der Waals surface area contributed by atoms with Gasteiger partial charge in [-0.3, -0.25) is 0 Å². The number of carbonyl (C=O) groups is 2. The first kappa shape index (κ1) is 13.7. The number of hydrogen-bond donors (Lipinski definition) is 1. The van der Waals surface area contributed by atoms with Crippen molar-refractivity contribution in [3.63, 3.8) is 0 Å². The Morgan fingerprint density at radius 2 is 2.00 bits per heavy atom. The van der Waals surface area contributed by atoms with E-state index in [1.54, 1.807) is 27.7 Å². The Balaban J connectivity index is 4.50. The van der Waals surface area contributed by atoms with Gasteiger partial charge in [-0.05, 0) is 27.2 Å². The standard InChI is InChI=1S/C11H19NO3/c1-6-11(7-2,8-13)12-9(14)15-10(3,4)5/h6,8H,1,7H2,2-5H3,(H,12,14). The summed E-state index contributed by atoms with van der Waals surface area (Å²) >= 11 is 0. The molecule has 0 rings (SSSR count). The van der Waals surface area contributed by atoms with E-state index < -0.39 is 17.2 Å². The Bertz CT molecular complexity index is 245. The SMILES string of the molecule is C=CC(C=O)(CC)NC(=O)OC(C)(C)C. The number of carbonyl (C=O) groups excluding carboxylic acids is 2. The van der Waals surface area contributed by atoms with Gasteiger partial charge in [-0.25, -0.2) is 4.79 Å². The molecule has 1 amide bonds. The van der Waals surface area contributed by atoms with E-state index >= 15 is 0 Å². The van der Waals surface area contributed by atoms with Crippen LogP contribution in [0.15, 0.2) is 12.7 Å². The number of nitrogens with one attached hydrogen (secondary N) is 1. The van der Waals surface area contributed by atoms with Gasteiger partial charge in [0.1, 0.15) is 17.4 Å². The molecule has 0 spiro atoms. The molecule has 0 radical (unpaired) electrons. The third-order valence-electron chi connectivity index (χ3n) is 1.89. The molecule has 15 heavy (non-hydrogen) atoms. The van der Waals surface area contributed by atoms with E-state index in [9.17, 15) is 9.59 Å². The number of rotatable bonds is 4. The van der Waals surface area contributed by atoms with Gasteiger partial charge in [-0.2, -0.15) is 0 Å². The Labute approximate surface area is 90.7 Å². The van der Waals surface area contributed by atoms with Crippen molar-refractivity contribution in [2.24, 2.45) is 0 Å². The highest BCUT2D eigenvalue weighted by atomic mass is 16.6. The molecule has 0 fully saturated rings. The van der Waals surface area contributed by atoms with Crippen molar-refractivity contribution in [2.45, 2.75) is 45.3 Å². The van der Waals surface area contributed by atoms with Gasteiger partial charge < -0.3 is 14.8 Å². The minimum Gasteiger partial charge on any atom is -0.444 e. The number of hydrogen-bond acceptors (Lipinski definition) is 3. The minimum atomic E-state index is -1.03. The van der Waals surface area contributed by atoms with Crippen LogP contribution < -0.4 is 5.32 Å². The molecular weight excluding hydrogens is 194 g/mol. The average Bonchev–Trinajstić information content (AvgIpc) is 2.11. The van der Waals surface area contributed by atoms with Crippen LogP contribution in [-0.4, -0.2) is 23.5 Å². The average molecular weight is 213 g/mol. The van der Waals surface area contributed by atoms with Crippen LogP contribution in [0.3, 0.4) is 0 Å². The lowest BCUT2D eigenvalue weighted by Gasteiger charge is -2.26. The van der Waals surface area contributed by atoms with E-state index in [1.807, 2.05) is 0 Å². The van der Waals surface area contributed by atoms with Crippen LogP contribution in [0.4, 0.5) is 4.79 Å². The van der Waals surface area contributed by atoms with Crippen molar-refractivity contribution in [1.82, 2.24) is 5.32 Å². The predicted molar refractivity (Wildman–Crippen MR) is 58.7 cm³/mol. The molecule has 0 aromatic rings. The fraction of sp³-hybridized carbons (Fsp3) is 0.636. The zero-order valence-corrected chi connectivity index (χ0v) is 9.79. The van der Waals surface area contributed by atoms with Crippen LogP contribution in [0.1, 0.15) is 34.1 Å². The molecular formula is C11H19NO3. The second kappa shape index (κ2) is 4.96. The number of aldehydes is 1. The quantitative estimate of drug-likeness (QED) is 0.574. The lowest BCUT2D eigenvalue weighted by molar-refractivity contribution is -0.112. The molecule has 0 aliphatic rings. The van der Waals surface area contributed by atoms with Gasteiger partial charge in [0.25, 0.3) is 0 Å². The van der Waals surface area contributed by atoms with E-state index in [4.69, 9.17) is 4.74 Å². The van der Waals surface area contributed by atoms with Gasteiger partial charge in [0.15, 0.2) is 0 Å². The van der Waals surface area contributed by atoms with Crippen molar-refractivity contribution < 1.29 is 14.3 Å². The first-order valence-corrected chi connectivity index (χ1v) is 4.89. The van der Waals surface area contributed by atoms with Crippen molar-refractivity contribution in [1.29, 1.82) is 0 Å². The Kier molecular flexibility index (Phi) is 4.52. The molecule has 0 heterocycles. The first-order valence-electron chi connectivity index (χ1n) is 4.89. The van der Waals surface area contributed by atoms with Crippen LogP contribution in [0.5, 0.6) is 0 Å².